The van der Waals surface area contributed by atoms with E-state index >= 15 is 0 Å². The van der Waals surface area contributed by atoms with Gasteiger partial charge >= 0.3 is 5.97 Å². The molecular weight excluding hydrogens is 560 g/mol. The maximum absolute atomic E-state index is 13.7. The Hall–Kier alpha value is -5.18. The number of aliphatic hydroxyl groups excluding tert-OH is 2. The molecule has 8 N–H and O–H groups in total. The molecule has 0 saturated carbocycles. The van der Waals surface area contributed by atoms with Crippen molar-refractivity contribution < 1.29 is 64.3 Å². The van der Waals surface area contributed by atoms with Gasteiger partial charge < -0.3 is 59.5 Å². The number of carbonyl (C=O) groups is 1. The van der Waals surface area contributed by atoms with E-state index in [4.69, 9.17) is 18.6 Å². The Morgan fingerprint density at radius 3 is 2.14 bits per heavy atom. The van der Waals surface area contributed by atoms with E-state index in [1.807, 2.05) is 0 Å². The number of phenols is 6. The Bertz CT molecular complexity index is 1750. The Morgan fingerprint density at radius 1 is 0.810 bits per heavy atom. The summed E-state index contributed by atoms with van der Waals surface area (Å²) in [4.78, 5) is 26.5. The number of esters is 1. The van der Waals surface area contributed by atoms with E-state index in [1.165, 1.54) is 13.0 Å². The van der Waals surface area contributed by atoms with E-state index in [-0.39, 0.29) is 22.5 Å². The first kappa shape index (κ1) is 28.4. The van der Waals surface area contributed by atoms with Crippen molar-refractivity contribution in [3.8, 4) is 51.6 Å². The lowest BCUT2D eigenvalue weighted by atomic mass is 9.99. The zero-order valence-corrected chi connectivity index (χ0v) is 21.5. The molecule has 3 aromatic carbocycles. The number of benzene rings is 3. The second kappa shape index (κ2) is 10.7. The van der Waals surface area contributed by atoms with Crippen molar-refractivity contribution in [2.75, 3.05) is 0 Å². The number of rotatable bonds is 5. The summed E-state index contributed by atoms with van der Waals surface area (Å²) in [6, 6.07) is 8.35. The molecule has 0 spiro atoms. The van der Waals surface area contributed by atoms with E-state index in [0.29, 0.717) is 0 Å². The third-order valence-corrected chi connectivity index (χ3v) is 6.63. The van der Waals surface area contributed by atoms with Crippen LogP contribution in [-0.4, -0.2) is 77.5 Å². The third-order valence-electron chi connectivity index (χ3n) is 6.63. The van der Waals surface area contributed by atoms with Gasteiger partial charge in [-0.2, -0.15) is 0 Å². The number of hydrogen-bond donors (Lipinski definition) is 8. The van der Waals surface area contributed by atoms with Crippen molar-refractivity contribution in [3.63, 3.8) is 0 Å². The Morgan fingerprint density at radius 2 is 1.48 bits per heavy atom. The first-order valence-electron chi connectivity index (χ1n) is 12.3. The van der Waals surface area contributed by atoms with Gasteiger partial charge in [0.1, 0.15) is 34.7 Å². The summed E-state index contributed by atoms with van der Waals surface area (Å²) in [6.45, 7) is 1.37. The molecule has 42 heavy (non-hydrogen) atoms. The van der Waals surface area contributed by atoms with Crippen LogP contribution in [-0.2, 0) is 9.47 Å². The lowest BCUT2D eigenvalue weighted by Crippen LogP contribution is -2.60. The van der Waals surface area contributed by atoms with Crippen LogP contribution < -0.4 is 10.2 Å². The van der Waals surface area contributed by atoms with E-state index in [0.717, 1.165) is 42.5 Å². The molecule has 5 unspecified atom stereocenters. The maximum Gasteiger partial charge on any atom is 0.338 e. The Labute approximate surface area is 235 Å². The highest BCUT2D eigenvalue weighted by Gasteiger charge is 2.47. The van der Waals surface area contributed by atoms with Crippen LogP contribution in [0.3, 0.4) is 0 Å². The fourth-order valence-corrected chi connectivity index (χ4v) is 4.41. The van der Waals surface area contributed by atoms with Crippen molar-refractivity contribution in [2.45, 2.75) is 37.6 Å². The van der Waals surface area contributed by atoms with Gasteiger partial charge in [-0.1, -0.05) is 0 Å². The molecule has 0 amide bonds. The van der Waals surface area contributed by atoms with Crippen LogP contribution in [0.15, 0.2) is 57.7 Å². The number of fused-ring (bicyclic) bond motifs is 1. The zero-order valence-electron chi connectivity index (χ0n) is 21.5. The number of carbonyl (C=O) groups excluding carboxylic acids is 1. The molecule has 4 aromatic rings. The molecule has 1 saturated heterocycles. The predicted molar refractivity (Wildman–Crippen MR) is 141 cm³/mol. The molecule has 220 valence electrons. The average molecular weight is 584 g/mol. The lowest BCUT2D eigenvalue weighted by molar-refractivity contribution is -0.267. The van der Waals surface area contributed by atoms with Gasteiger partial charge in [-0.15, -0.1) is 0 Å². The SMILES string of the molecule is CC1OC(Oc2c(-c3ccc(O)c(O)c3)oc3cc(O)cc(O)c3c2=O)C(OC(=O)c2ccc(O)c(O)c2)C(O)C1O. The van der Waals surface area contributed by atoms with Gasteiger partial charge in [0.2, 0.25) is 17.5 Å². The highest BCUT2D eigenvalue weighted by molar-refractivity contribution is 5.90. The monoisotopic (exact) mass is 584 g/mol. The van der Waals surface area contributed by atoms with Gasteiger partial charge in [0.05, 0.1) is 11.7 Å². The van der Waals surface area contributed by atoms with Crippen LogP contribution in [0.1, 0.15) is 17.3 Å². The largest absolute Gasteiger partial charge is 0.508 e. The lowest BCUT2D eigenvalue weighted by Gasteiger charge is -2.40. The van der Waals surface area contributed by atoms with E-state index in [1.54, 1.807) is 0 Å². The van der Waals surface area contributed by atoms with E-state index < -0.39 is 87.7 Å². The minimum absolute atomic E-state index is 0.0142. The summed E-state index contributed by atoms with van der Waals surface area (Å²) in [6.07, 6.45) is -8.07. The molecule has 14 heteroatoms. The average Bonchev–Trinajstić information content (AvgIpc) is 2.93. The van der Waals surface area contributed by atoms with Crippen LogP contribution >= 0.6 is 0 Å². The molecule has 0 aliphatic carbocycles. The quantitative estimate of drug-likeness (QED) is 0.123. The predicted octanol–water partition coefficient (Wildman–Crippen LogP) is 1.76. The molecule has 1 aromatic heterocycles. The van der Waals surface area contributed by atoms with E-state index in [2.05, 4.69) is 0 Å². The van der Waals surface area contributed by atoms with Gasteiger partial charge in [-0.05, 0) is 43.3 Å². The van der Waals surface area contributed by atoms with Gasteiger partial charge in [0, 0.05) is 17.7 Å². The van der Waals surface area contributed by atoms with Gasteiger partial charge in [0.25, 0.3) is 0 Å². The van der Waals surface area contributed by atoms with Crippen molar-refractivity contribution in [2.24, 2.45) is 0 Å². The third kappa shape index (κ3) is 5.05. The smallest absolute Gasteiger partial charge is 0.338 e. The van der Waals surface area contributed by atoms with Crippen molar-refractivity contribution in [3.05, 3.63) is 64.3 Å². The summed E-state index contributed by atoms with van der Waals surface area (Å²) >= 11 is 0. The summed E-state index contributed by atoms with van der Waals surface area (Å²) in [5.74, 6) is -5.50. The minimum atomic E-state index is -1.81. The summed E-state index contributed by atoms with van der Waals surface area (Å²) in [5, 5.41) is 80.3. The fraction of sp³-hybridized carbons (Fsp3) is 0.214. The number of hydrogen-bond acceptors (Lipinski definition) is 14. The topological polar surface area (TPSA) is 237 Å². The molecule has 0 radical (unpaired) electrons. The summed E-state index contributed by atoms with van der Waals surface area (Å²) < 4.78 is 22.6. The fourth-order valence-electron chi connectivity index (χ4n) is 4.41. The summed E-state index contributed by atoms with van der Waals surface area (Å²) in [7, 11) is 0. The van der Waals surface area contributed by atoms with Crippen LogP contribution in [0, 0.1) is 0 Å². The molecule has 2 heterocycles. The van der Waals surface area contributed by atoms with Crippen LogP contribution in [0.25, 0.3) is 22.3 Å². The first-order valence-corrected chi connectivity index (χ1v) is 12.3. The number of aromatic hydroxyl groups is 6. The second-order valence-corrected chi connectivity index (χ2v) is 9.51. The standard InChI is InChI=1S/C28H24O14/c1-10-21(35)23(37)26(41-27(38)12-3-5-15(31)17(33)7-12)28(39-10)42-25-22(36)20-18(34)8-13(29)9-19(20)40-24(25)11-2-4-14(30)16(32)6-11/h2-10,21,23,26,28-35,37H,1H3. The van der Waals surface area contributed by atoms with E-state index in [9.17, 15) is 50.4 Å². The Kier molecular flexibility index (Phi) is 7.20. The maximum atomic E-state index is 13.7. The van der Waals surface area contributed by atoms with Crippen molar-refractivity contribution >= 4 is 16.9 Å². The molecule has 14 nitrogen and oxygen atoms in total. The summed E-state index contributed by atoms with van der Waals surface area (Å²) in [5.41, 5.74) is -1.54. The van der Waals surface area contributed by atoms with Crippen molar-refractivity contribution in [1.29, 1.82) is 0 Å². The molecule has 0 bridgehead atoms. The molecule has 1 aliphatic heterocycles. The first-order chi connectivity index (χ1) is 19.8. The Balaban J connectivity index is 1.62. The highest BCUT2D eigenvalue weighted by Crippen LogP contribution is 2.39. The minimum Gasteiger partial charge on any atom is -0.508 e. The molecule has 1 aliphatic rings. The molecule has 5 rings (SSSR count). The molecule has 1 fully saturated rings. The van der Waals surface area contributed by atoms with Gasteiger partial charge in [-0.3, -0.25) is 4.79 Å². The van der Waals surface area contributed by atoms with Crippen molar-refractivity contribution in [1.82, 2.24) is 0 Å². The highest BCUT2D eigenvalue weighted by atomic mass is 16.7. The van der Waals surface area contributed by atoms with Gasteiger partial charge in [-0.25, -0.2) is 4.79 Å². The number of phenolic OH excluding ortho intramolecular Hbond substituents is 6. The van der Waals surface area contributed by atoms with Gasteiger partial charge in [0.15, 0.2) is 34.9 Å². The molecular formula is C28H24O14. The number of aliphatic hydroxyl groups is 2. The normalized spacial score (nSPS) is 22.1. The number of ether oxygens (including phenoxy) is 3. The van der Waals surface area contributed by atoms with Crippen LogP contribution in [0.2, 0.25) is 0 Å². The molecule has 5 atom stereocenters. The van der Waals surface area contributed by atoms with Crippen LogP contribution in [0.4, 0.5) is 0 Å². The van der Waals surface area contributed by atoms with Crippen LogP contribution in [0.5, 0.6) is 40.2 Å². The second-order valence-electron chi connectivity index (χ2n) is 9.51. The zero-order chi connectivity index (χ0) is 30.5.